The molecule has 0 spiro atoms. The summed E-state index contributed by atoms with van der Waals surface area (Å²) in [7, 11) is 0. The molecule has 12 nitrogen and oxygen atoms in total. The number of nitrogens with zero attached hydrogens (tertiary/aromatic N) is 2. The second-order valence-corrected chi connectivity index (χ2v) is 3.28. The molecule has 20 heavy (non-hydrogen) atoms. The van der Waals surface area contributed by atoms with Gasteiger partial charge in [0.05, 0.1) is 9.85 Å². The molecule has 2 amide bonds. The second kappa shape index (κ2) is 5.68. The number of nitrogens with one attached hydrogen (secondary N) is 2. The molecule has 0 aliphatic heterocycles. The van der Waals surface area contributed by atoms with Crippen LogP contribution in [0.2, 0.25) is 0 Å². The Morgan fingerprint density at radius 2 is 1.20 bits per heavy atom. The summed E-state index contributed by atoms with van der Waals surface area (Å²) in [5.74, 6) is -2.73. The fourth-order valence-electron chi connectivity index (χ4n) is 1.36. The van der Waals surface area contributed by atoms with Crippen LogP contribution in [0.15, 0.2) is 12.1 Å². The van der Waals surface area contributed by atoms with Crippen molar-refractivity contribution in [3.05, 3.63) is 43.5 Å². The van der Waals surface area contributed by atoms with Gasteiger partial charge in [-0.3, -0.25) is 40.2 Å². The van der Waals surface area contributed by atoms with Gasteiger partial charge in [-0.25, -0.2) is 11.0 Å². The average molecular weight is 286 g/mol. The van der Waals surface area contributed by atoms with E-state index in [-0.39, 0.29) is 0 Å². The fourth-order valence-corrected chi connectivity index (χ4v) is 1.36. The Morgan fingerprint density at radius 3 is 1.40 bits per heavy atom. The molecule has 0 aliphatic rings. The molecule has 106 valence electrons. The zero-order valence-corrected chi connectivity index (χ0v) is 9.39. The van der Waals surface area contributed by atoms with Gasteiger partial charge in [-0.1, -0.05) is 0 Å². The number of carbonyl (C=O) groups excluding carboxylic acids is 2. The molecule has 0 aliphatic carbocycles. The van der Waals surface area contributed by atoms with Crippen LogP contribution in [0.4, 0.5) is 11.4 Å². The minimum absolute atomic E-state index is 0.439. The maximum absolute atomic E-state index is 11.2. The number of carbonyl (C=O) groups is 2. The van der Waals surface area contributed by atoms with E-state index in [1.165, 1.54) is 0 Å². The molecular formula is C8H6N4O8. The second-order valence-electron chi connectivity index (χ2n) is 3.28. The Bertz CT molecular complexity index is 559. The number of amides is 2. The molecule has 1 rings (SSSR count). The van der Waals surface area contributed by atoms with Gasteiger partial charge in [0.1, 0.15) is 11.1 Å². The number of nitro benzene ring substituents is 2. The monoisotopic (exact) mass is 286 g/mol. The smallest absolute Gasteiger partial charge is 0.283 e. The van der Waals surface area contributed by atoms with Crippen LogP contribution < -0.4 is 11.0 Å². The Labute approximate surface area is 108 Å². The van der Waals surface area contributed by atoms with Crippen LogP contribution in [0.1, 0.15) is 20.7 Å². The highest BCUT2D eigenvalue weighted by Gasteiger charge is 2.30. The summed E-state index contributed by atoms with van der Waals surface area (Å²) >= 11 is 0. The lowest BCUT2D eigenvalue weighted by molar-refractivity contribution is -0.389. The first-order valence-electron chi connectivity index (χ1n) is 4.69. The minimum Gasteiger partial charge on any atom is -0.288 e. The topological polar surface area (TPSA) is 185 Å². The van der Waals surface area contributed by atoms with E-state index >= 15 is 0 Å². The van der Waals surface area contributed by atoms with Crippen molar-refractivity contribution in [1.29, 1.82) is 0 Å². The van der Waals surface area contributed by atoms with Gasteiger partial charge in [-0.2, -0.15) is 0 Å². The first kappa shape index (κ1) is 14.9. The minimum atomic E-state index is -1.37. The lowest BCUT2D eigenvalue weighted by atomic mass is 10.1. The van der Waals surface area contributed by atoms with Crippen molar-refractivity contribution < 1.29 is 29.9 Å². The number of hydrogen-bond donors (Lipinski definition) is 4. The molecular weight excluding hydrogens is 280 g/mol. The van der Waals surface area contributed by atoms with E-state index in [1.807, 2.05) is 0 Å². The lowest BCUT2D eigenvalue weighted by Gasteiger charge is -2.05. The van der Waals surface area contributed by atoms with E-state index in [4.69, 9.17) is 10.4 Å². The van der Waals surface area contributed by atoms with Crippen molar-refractivity contribution in [2.75, 3.05) is 0 Å². The molecule has 0 heterocycles. The molecule has 0 bridgehead atoms. The van der Waals surface area contributed by atoms with Gasteiger partial charge in [-0.15, -0.1) is 0 Å². The molecule has 1 aromatic carbocycles. The van der Waals surface area contributed by atoms with Crippen molar-refractivity contribution in [2.45, 2.75) is 0 Å². The Kier molecular flexibility index (Phi) is 4.24. The summed E-state index contributed by atoms with van der Waals surface area (Å²) in [4.78, 5) is 41.8. The van der Waals surface area contributed by atoms with Gasteiger partial charge in [0.2, 0.25) is 0 Å². The van der Waals surface area contributed by atoms with Crippen molar-refractivity contribution >= 4 is 23.2 Å². The predicted octanol–water partition coefficient (Wildman–Crippen LogP) is -0.259. The molecule has 0 saturated heterocycles. The number of nitro groups is 2. The molecule has 0 aromatic heterocycles. The van der Waals surface area contributed by atoms with Crippen molar-refractivity contribution in [3.8, 4) is 0 Å². The summed E-state index contributed by atoms with van der Waals surface area (Å²) in [5.41, 5.74) is -1.38. The first-order chi connectivity index (χ1) is 9.33. The molecule has 12 heteroatoms. The van der Waals surface area contributed by atoms with Gasteiger partial charge < -0.3 is 0 Å². The maximum Gasteiger partial charge on any atom is 0.283 e. The predicted molar refractivity (Wildman–Crippen MR) is 58.3 cm³/mol. The van der Waals surface area contributed by atoms with Gasteiger partial charge in [-0.05, 0) is 0 Å². The molecule has 0 atom stereocenters. The highest BCUT2D eigenvalue weighted by molar-refractivity contribution is 6.03. The van der Waals surface area contributed by atoms with E-state index in [2.05, 4.69) is 0 Å². The van der Waals surface area contributed by atoms with Gasteiger partial charge in [0.15, 0.2) is 0 Å². The summed E-state index contributed by atoms with van der Waals surface area (Å²) in [5, 5.41) is 38.4. The highest BCUT2D eigenvalue weighted by atomic mass is 16.6. The quantitative estimate of drug-likeness (QED) is 0.331. The summed E-state index contributed by atoms with van der Waals surface area (Å²) in [6, 6.07) is 0.878. The number of hydrogen-bond acceptors (Lipinski definition) is 8. The molecule has 4 N–H and O–H groups in total. The normalized spacial score (nSPS) is 9.70. The molecule has 0 radical (unpaired) electrons. The van der Waals surface area contributed by atoms with E-state index < -0.39 is 44.2 Å². The van der Waals surface area contributed by atoms with Crippen LogP contribution in [0, 0.1) is 20.2 Å². The lowest BCUT2D eigenvalue weighted by Crippen LogP contribution is -2.23. The van der Waals surface area contributed by atoms with Crippen molar-refractivity contribution in [3.63, 3.8) is 0 Å². The Morgan fingerprint density at radius 1 is 0.900 bits per heavy atom. The number of hydroxylamine groups is 2. The molecule has 0 saturated carbocycles. The van der Waals surface area contributed by atoms with Crippen LogP contribution in [0.5, 0.6) is 0 Å². The van der Waals surface area contributed by atoms with Crippen molar-refractivity contribution in [1.82, 2.24) is 11.0 Å². The zero-order valence-electron chi connectivity index (χ0n) is 9.39. The highest BCUT2D eigenvalue weighted by Crippen LogP contribution is 2.28. The Hall–Kier alpha value is -3.12. The largest absolute Gasteiger partial charge is 0.288 e. The maximum atomic E-state index is 11.2. The van der Waals surface area contributed by atoms with E-state index in [9.17, 15) is 29.8 Å². The fraction of sp³-hybridized carbons (Fsp3) is 0. The third kappa shape index (κ3) is 2.65. The summed E-state index contributed by atoms with van der Waals surface area (Å²) < 4.78 is 0. The third-order valence-electron chi connectivity index (χ3n) is 2.20. The van der Waals surface area contributed by atoms with Gasteiger partial charge in [0.25, 0.3) is 23.2 Å². The van der Waals surface area contributed by atoms with Crippen LogP contribution in [0.25, 0.3) is 0 Å². The van der Waals surface area contributed by atoms with Crippen LogP contribution >= 0.6 is 0 Å². The standard InChI is InChI=1S/C8H6N4O8/c13-7(9-15)3-1-5(11(17)18)4(8(14)10-16)2-6(3)12(19)20/h1-2,15-16H,(H,9,13)(H,10,14). The summed E-state index contributed by atoms with van der Waals surface area (Å²) in [6.45, 7) is 0. The molecule has 0 unspecified atom stereocenters. The Balaban J connectivity index is 3.68. The van der Waals surface area contributed by atoms with Crippen LogP contribution in [-0.4, -0.2) is 32.1 Å². The zero-order chi connectivity index (χ0) is 15.4. The summed E-state index contributed by atoms with van der Waals surface area (Å²) in [6.07, 6.45) is 0. The van der Waals surface area contributed by atoms with Crippen LogP contribution in [-0.2, 0) is 0 Å². The number of benzene rings is 1. The number of rotatable bonds is 4. The van der Waals surface area contributed by atoms with Crippen molar-refractivity contribution in [2.24, 2.45) is 0 Å². The van der Waals surface area contributed by atoms with Crippen LogP contribution in [0.3, 0.4) is 0 Å². The molecule has 0 fully saturated rings. The van der Waals surface area contributed by atoms with E-state index in [0.717, 1.165) is 11.0 Å². The van der Waals surface area contributed by atoms with Gasteiger partial charge in [0, 0.05) is 12.1 Å². The van der Waals surface area contributed by atoms with E-state index in [1.54, 1.807) is 0 Å². The average Bonchev–Trinajstić information content (AvgIpc) is 2.43. The molecule has 1 aromatic rings. The SMILES string of the molecule is O=C(NO)c1cc([N+](=O)[O-])c(C(=O)NO)cc1[N+](=O)[O-]. The van der Waals surface area contributed by atoms with Gasteiger partial charge >= 0.3 is 0 Å². The van der Waals surface area contributed by atoms with E-state index in [0.29, 0.717) is 12.1 Å². The first-order valence-corrected chi connectivity index (χ1v) is 4.69. The third-order valence-corrected chi connectivity index (χ3v) is 2.20.